The third kappa shape index (κ3) is 3.84. The lowest BCUT2D eigenvalue weighted by molar-refractivity contribution is 0.459. The Morgan fingerprint density at radius 2 is 2.12 bits per heavy atom. The number of hydrogen-bond acceptors (Lipinski definition) is 4. The highest BCUT2D eigenvalue weighted by molar-refractivity contribution is 7.88. The molecule has 0 radical (unpaired) electrons. The summed E-state index contributed by atoms with van der Waals surface area (Å²) in [5.74, 6) is 0.336. The third-order valence-electron chi connectivity index (χ3n) is 4.44. The zero-order valence-electron chi connectivity index (χ0n) is 14.2. The molecule has 2 aromatic heterocycles. The SMILES string of the molecule is CCCn1nccc1-c1cccc(CC2CCN(S(C)(=O)=O)C2)n1. The molecule has 24 heavy (non-hydrogen) atoms. The minimum atomic E-state index is -3.08. The molecule has 6 nitrogen and oxygen atoms in total. The number of hydrogen-bond donors (Lipinski definition) is 0. The first-order valence-corrected chi connectivity index (χ1v) is 10.3. The van der Waals surface area contributed by atoms with Crippen LogP contribution in [-0.4, -0.2) is 46.8 Å². The summed E-state index contributed by atoms with van der Waals surface area (Å²) < 4.78 is 26.8. The fourth-order valence-corrected chi connectivity index (χ4v) is 4.16. The highest BCUT2D eigenvalue weighted by atomic mass is 32.2. The maximum absolute atomic E-state index is 11.6. The summed E-state index contributed by atoms with van der Waals surface area (Å²) in [5, 5.41) is 4.36. The summed E-state index contributed by atoms with van der Waals surface area (Å²) in [6.45, 7) is 4.22. The van der Waals surface area contributed by atoms with Crippen molar-refractivity contribution in [2.24, 2.45) is 5.92 Å². The van der Waals surface area contributed by atoms with Crippen LogP contribution in [0, 0.1) is 5.92 Å². The molecule has 0 spiro atoms. The minimum Gasteiger partial charge on any atom is -0.263 e. The van der Waals surface area contributed by atoms with Gasteiger partial charge in [-0.3, -0.25) is 9.67 Å². The Balaban J connectivity index is 1.73. The Hall–Kier alpha value is -1.73. The molecule has 1 saturated heterocycles. The Labute approximate surface area is 143 Å². The Bertz CT molecular complexity index is 800. The molecule has 1 unspecified atom stereocenters. The maximum Gasteiger partial charge on any atom is 0.211 e. The molecule has 1 aliphatic heterocycles. The van der Waals surface area contributed by atoms with Crippen LogP contribution in [0.1, 0.15) is 25.5 Å². The molecule has 3 heterocycles. The third-order valence-corrected chi connectivity index (χ3v) is 5.71. The quantitative estimate of drug-likeness (QED) is 0.802. The van der Waals surface area contributed by atoms with Crippen molar-refractivity contribution in [2.45, 2.75) is 32.7 Å². The van der Waals surface area contributed by atoms with Gasteiger partial charge >= 0.3 is 0 Å². The van der Waals surface area contributed by atoms with E-state index in [-0.39, 0.29) is 0 Å². The van der Waals surface area contributed by atoms with Crippen LogP contribution < -0.4 is 0 Å². The molecule has 1 aliphatic rings. The van der Waals surface area contributed by atoms with E-state index in [1.807, 2.05) is 28.9 Å². The Morgan fingerprint density at radius 1 is 1.29 bits per heavy atom. The van der Waals surface area contributed by atoms with Crippen LogP contribution in [0.5, 0.6) is 0 Å². The first kappa shape index (κ1) is 17.1. The van der Waals surface area contributed by atoms with Gasteiger partial charge in [0.15, 0.2) is 0 Å². The first-order chi connectivity index (χ1) is 11.5. The molecule has 0 N–H and O–H groups in total. The molecule has 0 amide bonds. The molecule has 130 valence electrons. The molecule has 1 fully saturated rings. The molecular weight excluding hydrogens is 324 g/mol. The Kier molecular flexibility index (Phi) is 5.01. The molecular formula is C17H24N4O2S. The van der Waals surface area contributed by atoms with Gasteiger partial charge in [0.2, 0.25) is 10.0 Å². The van der Waals surface area contributed by atoms with E-state index in [2.05, 4.69) is 12.0 Å². The van der Waals surface area contributed by atoms with E-state index < -0.39 is 10.0 Å². The van der Waals surface area contributed by atoms with Crippen molar-refractivity contribution in [2.75, 3.05) is 19.3 Å². The Morgan fingerprint density at radius 3 is 2.83 bits per heavy atom. The number of sulfonamides is 1. The molecule has 0 bridgehead atoms. The van der Waals surface area contributed by atoms with Crippen molar-refractivity contribution in [3.05, 3.63) is 36.2 Å². The predicted octanol–water partition coefficient (Wildman–Crippen LogP) is 2.18. The van der Waals surface area contributed by atoms with E-state index in [1.54, 1.807) is 10.5 Å². The number of aryl methyl sites for hydroxylation is 1. The van der Waals surface area contributed by atoms with Gasteiger partial charge in [-0.15, -0.1) is 0 Å². The van der Waals surface area contributed by atoms with Crippen LogP contribution in [0.2, 0.25) is 0 Å². The fraction of sp³-hybridized carbons (Fsp3) is 0.529. The van der Waals surface area contributed by atoms with E-state index in [0.717, 1.165) is 42.9 Å². The van der Waals surface area contributed by atoms with Crippen molar-refractivity contribution >= 4 is 10.0 Å². The molecule has 0 aromatic carbocycles. The molecule has 0 saturated carbocycles. The van der Waals surface area contributed by atoms with Gasteiger partial charge in [-0.05, 0) is 43.4 Å². The van der Waals surface area contributed by atoms with Gasteiger partial charge in [0.1, 0.15) is 0 Å². The highest BCUT2D eigenvalue weighted by Crippen LogP contribution is 2.23. The van der Waals surface area contributed by atoms with Gasteiger partial charge in [-0.2, -0.15) is 5.10 Å². The smallest absolute Gasteiger partial charge is 0.211 e. The molecule has 3 rings (SSSR count). The zero-order valence-corrected chi connectivity index (χ0v) is 15.0. The van der Waals surface area contributed by atoms with E-state index in [4.69, 9.17) is 4.98 Å². The van der Waals surface area contributed by atoms with Crippen molar-refractivity contribution < 1.29 is 8.42 Å². The lowest BCUT2D eigenvalue weighted by Gasteiger charge is -2.13. The predicted molar refractivity (Wildman–Crippen MR) is 94.0 cm³/mol. The van der Waals surface area contributed by atoms with Gasteiger partial charge in [0.25, 0.3) is 0 Å². The van der Waals surface area contributed by atoms with E-state index >= 15 is 0 Å². The van der Waals surface area contributed by atoms with Gasteiger partial charge in [0, 0.05) is 31.5 Å². The molecule has 7 heteroatoms. The van der Waals surface area contributed by atoms with Crippen LogP contribution >= 0.6 is 0 Å². The van der Waals surface area contributed by atoms with Crippen LogP contribution in [0.3, 0.4) is 0 Å². The van der Waals surface area contributed by atoms with E-state index in [0.29, 0.717) is 19.0 Å². The number of aromatic nitrogens is 3. The highest BCUT2D eigenvalue weighted by Gasteiger charge is 2.28. The maximum atomic E-state index is 11.6. The van der Waals surface area contributed by atoms with Gasteiger partial charge < -0.3 is 0 Å². The molecule has 1 atom stereocenters. The second-order valence-corrected chi connectivity index (χ2v) is 8.42. The second kappa shape index (κ2) is 7.03. The largest absolute Gasteiger partial charge is 0.263 e. The van der Waals surface area contributed by atoms with Crippen molar-refractivity contribution in [3.63, 3.8) is 0 Å². The lowest BCUT2D eigenvalue weighted by atomic mass is 10.0. The zero-order chi connectivity index (χ0) is 17.2. The van der Waals surface area contributed by atoms with Crippen LogP contribution in [0.15, 0.2) is 30.5 Å². The number of nitrogens with zero attached hydrogens (tertiary/aromatic N) is 4. The summed E-state index contributed by atoms with van der Waals surface area (Å²) in [7, 11) is -3.08. The summed E-state index contributed by atoms with van der Waals surface area (Å²) >= 11 is 0. The minimum absolute atomic E-state index is 0.336. The van der Waals surface area contributed by atoms with Gasteiger partial charge in [0.05, 0.1) is 17.6 Å². The molecule has 0 aliphatic carbocycles. The first-order valence-electron chi connectivity index (χ1n) is 8.40. The van der Waals surface area contributed by atoms with Crippen molar-refractivity contribution in [1.82, 2.24) is 19.1 Å². The van der Waals surface area contributed by atoms with Crippen molar-refractivity contribution in [3.8, 4) is 11.4 Å². The van der Waals surface area contributed by atoms with Crippen LogP contribution in [-0.2, 0) is 23.0 Å². The van der Waals surface area contributed by atoms with E-state index in [9.17, 15) is 8.42 Å². The molecule has 2 aromatic rings. The number of rotatable bonds is 6. The monoisotopic (exact) mass is 348 g/mol. The average molecular weight is 348 g/mol. The summed E-state index contributed by atoms with van der Waals surface area (Å²) in [6.07, 6.45) is 5.82. The topological polar surface area (TPSA) is 68.1 Å². The standard InChI is InChI=1S/C17H24N4O2S/c1-3-10-21-17(7-9-18-21)16-6-4-5-15(19-16)12-14-8-11-20(13-14)24(2,22)23/h4-7,9,14H,3,8,10-13H2,1-2H3. The lowest BCUT2D eigenvalue weighted by Crippen LogP contribution is -2.27. The van der Waals surface area contributed by atoms with Crippen LogP contribution in [0.25, 0.3) is 11.4 Å². The summed E-state index contributed by atoms with van der Waals surface area (Å²) in [6, 6.07) is 8.03. The summed E-state index contributed by atoms with van der Waals surface area (Å²) in [4.78, 5) is 4.78. The van der Waals surface area contributed by atoms with Gasteiger partial charge in [-0.1, -0.05) is 13.0 Å². The van der Waals surface area contributed by atoms with Gasteiger partial charge in [-0.25, -0.2) is 12.7 Å². The van der Waals surface area contributed by atoms with Crippen molar-refractivity contribution in [1.29, 1.82) is 0 Å². The average Bonchev–Trinajstić information content (AvgIpc) is 3.17. The van der Waals surface area contributed by atoms with Crippen LogP contribution in [0.4, 0.5) is 0 Å². The summed E-state index contributed by atoms with van der Waals surface area (Å²) in [5.41, 5.74) is 2.97. The second-order valence-electron chi connectivity index (χ2n) is 6.43. The normalized spacial score (nSPS) is 19.0. The number of pyridine rings is 1. The van der Waals surface area contributed by atoms with E-state index in [1.165, 1.54) is 6.26 Å². The fourth-order valence-electron chi connectivity index (χ4n) is 3.24.